The summed E-state index contributed by atoms with van der Waals surface area (Å²) >= 11 is 0. The number of aliphatic hydroxyl groups excluding tert-OH is 2. The molecule has 3 nitrogen and oxygen atoms in total. The minimum absolute atomic E-state index is 0.0404. The zero-order valence-corrected chi connectivity index (χ0v) is 4.54. The van der Waals surface area contributed by atoms with Crippen LogP contribution in [0.4, 0.5) is 0 Å². The highest BCUT2D eigenvalue weighted by molar-refractivity contribution is 4.80. The van der Waals surface area contributed by atoms with E-state index in [2.05, 4.69) is 0 Å². The molecule has 0 amide bonds. The van der Waals surface area contributed by atoms with E-state index in [1.165, 1.54) is 0 Å². The minimum atomic E-state index is -0.901. The van der Waals surface area contributed by atoms with Gasteiger partial charge in [0.25, 0.3) is 0 Å². The van der Waals surface area contributed by atoms with Gasteiger partial charge in [0.2, 0.25) is 0 Å². The van der Waals surface area contributed by atoms with Crippen LogP contribution >= 0.6 is 0 Å². The van der Waals surface area contributed by atoms with Gasteiger partial charge in [0.15, 0.2) is 0 Å². The topological polar surface area (TPSA) is 64.2 Å². The Morgan fingerprint density at radius 2 is 2.25 bits per heavy atom. The highest BCUT2D eigenvalue weighted by atomic mass is 16.3. The summed E-state index contributed by atoms with van der Waals surface area (Å²) in [4.78, 5) is 0. The quantitative estimate of drug-likeness (QED) is 0.494. The fourth-order valence-electron chi connectivity index (χ4n) is 0.349. The van der Waals surface area contributed by atoms with Crippen LogP contribution in [0.5, 0.6) is 0 Å². The molecule has 8 heavy (non-hydrogen) atoms. The van der Waals surface area contributed by atoms with Crippen LogP contribution < -0.4 is 0 Å². The first-order valence-corrected chi connectivity index (χ1v) is 2.49. The summed E-state index contributed by atoms with van der Waals surface area (Å²) in [5.74, 6) is 0. The van der Waals surface area contributed by atoms with Crippen LogP contribution in [0.2, 0.25) is 0 Å². The van der Waals surface area contributed by atoms with Gasteiger partial charge in [0.05, 0.1) is 6.07 Å². The Kier molecular flexibility index (Phi) is 4.23. The van der Waals surface area contributed by atoms with Gasteiger partial charge in [-0.1, -0.05) is 0 Å². The summed E-state index contributed by atoms with van der Waals surface area (Å²) in [7, 11) is 0. The third-order valence-corrected chi connectivity index (χ3v) is 0.785. The molecule has 0 saturated heterocycles. The Balaban J connectivity index is 3.02. The first-order chi connectivity index (χ1) is 3.81. The average Bonchev–Trinajstić information content (AvgIpc) is 1.83. The fraction of sp³-hybridized carbons (Fsp3) is 0.800. The van der Waals surface area contributed by atoms with Crippen LogP contribution in [0.25, 0.3) is 0 Å². The molecular formula is C5H9NO2. The third kappa shape index (κ3) is 3.59. The van der Waals surface area contributed by atoms with Crippen molar-refractivity contribution < 1.29 is 10.2 Å². The maximum absolute atomic E-state index is 8.52. The van der Waals surface area contributed by atoms with E-state index in [0.29, 0.717) is 12.8 Å². The molecule has 0 bridgehead atoms. The molecule has 2 N–H and O–H groups in total. The standard InChI is InChI=1S/C5H9NO2/c6-4-5(8)2-1-3-7/h5,7-8H,1-3H2. The van der Waals surface area contributed by atoms with Gasteiger partial charge < -0.3 is 10.2 Å². The maximum Gasteiger partial charge on any atom is 0.140 e. The lowest BCUT2D eigenvalue weighted by Gasteiger charge is -1.95. The molecule has 0 radical (unpaired) electrons. The van der Waals surface area contributed by atoms with E-state index in [9.17, 15) is 0 Å². The first-order valence-electron chi connectivity index (χ1n) is 2.49. The zero-order chi connectivity index (χ0) is 6.41. The highest BCUT2D eigenvalue weighted by Crippen LogP contribution is 1.92. The van der Waals surface area contributed by atoms with Crippen molar-refractivity contribution in [3.8, 4) is 6.07 Å². The van der Waals surface area contributed by atoms with Crippen molar-refractivity contribution in [3.05, 3.63) is 0 Å². The summed E-state index contributed by atoms with van der Waals surface area (Å²) < 4.78 is 0. The summed E-state index contributed by atoms with van der Waals surface area (Å²) in [5, 5.41) is 24.7. The molecule has 1 unspecified atom stereocenters. The van der Waals surface area contributed by atoms with Gasteiger partial charge in [-0.25, -0.2) is 0 Å². The van der Waals surface area contributed by atoms with E-state index >= 15 is 0 Å². The van der Waals surface area contributed by atoms with Crippen molar-refractivity contribution >= 4 is 0 Å². The molecule has 0 spiro atoms. The third-order valence-electron chi connectivity index (χ3n) is 0.785. The molecule has 0 aromatic carbocycles. The largest absolute Gasteiger partial charge is 0.396 e. The second kappa shape index (κ2) is 4.57. The molecule has 0 fully saturated rings. The molecule has 0 aromatic rings. The predicted molar refractivity (Wildman–Crippen MR) is 27.9 cm³/mol. The summed E-state index contributed by atoms with van der Waals surface area (Å²) in [6.45, 7) is 0.0404. The molecule has 0 rings (SSSR count). The minimum Gasteiger partial charge on any atom is -0.396 e. The second-order valence-electron chi connectivity index (χ2n) is 1.51. The van der Waals surface area contributed by atoms with Crippen molar-refractivity contribution in [1.82, 2.24) is 0 Å². The molecule has 0 saturated carbocycles. The lowest BCUT2D eigenvalue weighted by atomic mass is 10.2. The highest BCUT2D eigenvalue weighted by Gasteiger charge is 1.97. The molecule has 0 aliphatic carbocycles. The molecule has 3 heteroatoms. The Bertz CT molecular complexity index is 86.9. The van der Waals surface area contributed by atoms with Crippen molar-refractivity contribution in [2.75, 3.05) is 6.61 Å². The first kappa shape index (κ1) is 7.41. The number of nitrogens with zero attached hydrogens (tertiary/aromatic N) is 1. The van der Waals surface area contributed by atoms with E-state index in [-0.39, 0.29) is 6.61 Å². The van der Waals surface area contributed by atoms with E-state index in [4.69, 9.17) is 15.5 Å². The van der Waals surface area contributed by atoms with Gasteiger partial charge in [0.1, 0.15) is 6.10 Å². The van der Waals surface area contributed by atoms with Crippen molar-refractivity contribution in [3.63, 3.8) is 0 Å². The monoisotopic (exact) mass is 115 g/mol. The van der Waals surface area contributed by atoms with Crippen LogP contribution in [0, 0.1) is 11.3 Å². The normalized spacial score (nSPS) is 12.6. The van der Waals surface area contributed by atoms with E-state index in [0.717, 1.165) is 0 Å². The predicted octanol–water partition coefficient (Wildman–Crippen LogP) is -0.357. The molecule has 0 aromatic heterocycles. The molecule has 0 aliphatic rings. The number of nitriles is 1. The molecular weight excluding hydrogens is 106 g/mol. The van der Waals surface area contributed by atoms with Crippen LogP contribution in [-0.4, -0.2) is 22.9 Å². The van der Waals surface area contributed by atoms with E-state index in [1.54, 1.807) is 6.07 Å². The number of hydrogen-bond donors (Lipinski definition) is 2. The number of hydrogen-bond acceptors (Lipinski definition) is 3. The van der Waals surface area contributed by atoms with Crippen LogP contribution in [0.1, 0.15) is 12.8 Å². The Hall–Kier alpha value is -0.590. The van der Waals surface area contributed by atoms with Gasteiger partial charge in [-0.15, -0.1) is 0 Å². The van der Waals surface area contributed by atoms with E-state index in [1.807, 2.05) is 0 Å². The maximum atomic E-state index is 8.52. The zero-order valence-electron chi connectivity index (χ0n) is 4.54. The Morgan fingerprint density at radius 3 is 2.62 bits per heavy atom. The van der Waals surface area contributed by atoms with Crippen molar-refractivity contribution in [2.24, 2.45) is 0 Å². The van der Waals surface area contributed by atoms with Crippen molar-refractivity contribution in [1.29, 1.82) is 5.26 Å². The second-order valence-corrected chi connectivity index (χ2v) is 1.51. The molecule has 0 heterocycles. The Morgan fingerprint density at radius 1 is 1.62 bits per heavy atom. The summed E-state index contributed by atoms with van der Waals surface area (Å²) in [6, 6.07) is 1.64. The lowest BCUT2D eigenvalue weighted by Crippen LogP contribution is -2.02. The van der Waals surface area contributed by atoms with Gasteiger partial charge in [-0.05, 0) is 12.8 Å². The average molecular weight is 115 g/mol. The summed E-state index contributed by atoms with van der Waals surface area (Å²) in [5.41, 5.74) is 0. The lowest BCUT2D eigenvalue weighted by molar-refractivity contribution is 0.196. The molecule has 46 valence electrons. The summed E-state index contributed by atoms with van der Waals surface area (Å²) in [6.07, 6.45) is -0.0380. The van der Waals surface area contributed by atoms with E-state index < -0.39 is 6.10 Å². The van der Waals surface area contributed by atoms with Gasteiger partial charge in [0, 0.05) is 6.61 Å². The van der Waals surface area contributed by atoms with Gasteiger partial charge in [-0.3, -0.25) is 0 Å². The SMILES string of the molecule is N#CC(O)CCCO. The van der Waals surface area contributed by atoms with Crippen LogP contribution in [0.15, 0.2) is 0 Å². The van der Waals surface area contributed by atoms with Gasteiger partial charge >= 0.3 is 0 Å². The molecule has 0 aliphatic heterocycles. The van der Waals surface area contributed by atoms with Gasteiger partial charge in [-0.2, -0.15) is 5.26 Å². The molecule has 1 atom stereocenters. The van der Waals surface area contributed by atoms with Crippen LogP contribution in [-0.2, 0) is 0 Å². The Labute approximate surface area is 48.2 Å². The van der Waals surface area contributed by atoms with Crippen LogP contribution in [0.3, 0.4) is 0 Å². The van der Waals surface area contributed by atoms with Crippen molar-refractivity contribution in [2.45, 2.75) is 18.9 Å². The number of aliphatic hydroxyl groups is 2. The fourth-order valence-corrected chi connectivity index (χ4v) is 0.349. The smallest absolute Gasteiger partial charge is 0.140 e. The number of rotatable bonds is 3.